The second-order valence-electron chi connectivity index (χ2n) is 6.40. The summed E-state index contributed by atoms with van der Waals surface area (Å²) in [6.07, 6.45) is 3.40. The van der Waals surface area contributed by atoms with E-state index in [0.717, 1.165) is 18.4 Å². The molecule has 1 saturated heterocycles. The first kappa shape index (κ1) is 19.6. The Morgan fingerprint density at radius 3 is 2.70 bits per heavy atom. The number of sulfonamides is 1. The Kier molecular flexibility index (Phi) is 6.33. The molecular weight excluding hydrogens is 386 g/mol. The van der Waals surface area contributed by atoms with Gasteiger partial charge in [0.2, 0.25) is 21.8 Å². The minimum absolute atomic E-state index is 0.000816. The summed E-state index contributed by atoms with van der Waals surface area (Å²) in [6.45, 7) is 2.91. The number of nitrogens with zero attached hydrogens (tertiary/aromatic N) is 2. The van der Waals surface area contributed by atoms with Crippen LogP contribution in [0.4, 0.5) is 5.69 Å². The van der Waals surface area contributed by atoms with Crippen LogP contribution >= 0.6 is 11.3 Å². The van der Waals surface area contributed by atoms with E-state index in [9.17, 15) is 13.2 Å². The van der Waals surface area contributed by atoms with Gasteiger partial charge < -0.3 is 9.64 Å². The number of ether oxygens (including phenoxy) is 1. The van der Waals surface area contributed by atoms with Crippen LogP contribution in [0.15, 0.2) is 35.2 Å². The van der Waals surface area contributed by atoms with Crippen LogP contribution in [-0.2, 0) is 21.2 Å². The fourth-order valence-electron chi connectivity index (χ4n) is 2.84. The Hall–Kier alpha value is -2.13. The van der Waals surface area contributed by atoms with Crippen molar-refractivity contribution in [2.75, 3.05) is 23.6 Å². The SMILES string of the molecule is CCS(=O)(=O)Nc1ccc(OC2CCN(C(=O)Cc3ccsc3)CC2)nc1. The number of thiophene rings is 1. The lowest BCUT2D eigenvalue weighted by Gasteiger charge is -2.32. The highest BCUT2D eigenvalue weighted by atomic mass is 32.2. The summed E-state index contributed by atoms with van der Waals surface area (Å²) in [6, 6.07) is 5.27. The van der Waals surface area contributed by atoms with E-state index in [-0.39, 0.29) is 17.8 Å². The lowest BCUT2D eigenvalue weighted by molar-refractivity contribution is -0.132. The molecule has 1 aliphatic heterocycles. The molecule has 1 fully saturated rings. The third-order valence-corrected chi connectivity index (χ3v) is 6.45. The zero-order valence-electron chi connectivity index (χ0n) is 15.1. The average molecular weight is 410 g/mol. The maximum Gasteiger partial charge on any atom is 0.232 e. The van der Waals surface area contributed by atoms with Gasteiger partial charge in [-0.05, 0) is 35.4 Å². The molecule has 0 saturated carbocycles. The minimum atomic E-state index is -3.31. The van der Waals surface area contributed by atoms with E-state index in [1.54, 1.807) is 30.4 Å². The Labute approximate surface area is 163 Å². The second kappa shape index (κ2) is 8.71. The molecule has 9 heteroatoms. The monoisotopic (exact) mass is 409 g/mol. The first-order chi connectivity index (χ1) is 12.9. The molecule has 1 N–H and O–H groups in total. The first-order valence-electron chi connectivity index (χ1n) is 8.87. The van der Waals surface area contributed by atoms with Gasteiger partial charge in [0.05, 0.1) is 24.1 Å². The zero-order chi connectivity index (χ0) is 19.3. The van der Waals surface area contributed by atoms with E-state index in [2.05, 4.69) is 9.71 Å². The molecule has 0 aliphatic carbocycles. The van der Waals surface area contributed by atoms with Gasteiger partial charge in [-0.25, -0.2) is 13.4 Å². The number of anilines is 1. The van der Waals surface area contributed by atoms with E-state index >= 15 is 0 Å². The van der Waals surface area contributed by atoms with Crippen LogP contribution in [0.25, 0.3) is 0 Å². The Morgan fingerprint density at radius 2 is 2.11 bits per heavy atom. The van der Waals surface area contributed by atoms with Crippen LogP contribution in [0.1, 0.15) is 25.3 Å². The molecule has 0 bridgehead atoms. The molecule has 0 spiro atoms. The van der Waals surface area contributed by atoms with Crippen molar-refractivity contribution in [2.45, 2.75) is 32.3 Å². The normalized spacial score (nSPS) is 15.5. The molecular formula is C18H23N3O4S2. The van der Waals surface area contributed by atoms with Crippen molar-refractivity contribution in [3.05, 3.63) is 40.7 Å². The van der Waals surface area contributed by atoms with Crippen molar-refractivity contribution in [1.29, 1.82) is 0 Å². The van der Waals surface area contributed by atoms with Crippen LogP contribution in [0.5, 0.6) is 5.88 Å². The van der Waals surface area contributed by atoms with Gasteiger partial charge in [0, 0.05) is 32.0 Å². The number of carbonyl (C=O) groups excluding carboxylic acids is 1. The first-order valence-corrected chi connectivity index (χ1v) is 11.5. The van der Waals surface area contributed by atoms with Gasteiger partial charge in [-0.1, -0.05) is 0 Å². The number of pyridine rings is 1. The smallest absolute Gasteiger partial charge is 0.232 e. The molecule has 27 heavy (non-hydrogen) atoms. The number of hydrogen-bond acceptors (Lipinski definition) is 6. The minimum Gasteiger partial charge on any atom is -0.474 e. The van der Waals surface area contributed by atoms with E-state index in [4.69, 9.17) is 4.74 Å². The number of likely N-dealkylation sites (tertiary alicyclic amines) is 1. The summed E-state index contributed by atoms with van der Waals surface area (Å²) in [5.74, 6) is 0.615. The van der Waals surface area contributed by atoms with Gasteiger partial charge in [-0.2, -0.15) is 11.3 Å². The molecule has 7 nitrogen and oxygen atoms in total. The maximum absolute atomic E-state index is 12.3. The standard InChI is InChI=1S/C18H23N3O4S2/c1-2-27(23,24)20-15-3-4-17(19-12-15)25-16-5-8-21(9-6-16)18(22)11-14-7-10-26-13-14/h3-4,7,10,12-13,16,20H,2,5-6,8-9,11H2,1H3. The molecule has 3 heterocycles. The van der Waals surface area contributed by atoms with Crippen molar-refractivity contribution < 1.29 is 17.9 Å². The maximum atomic E-state index is 12.3. The average Bonchev–Trinajstić information content (AvgIpc) is 3.17. The number of nitrogens with one attached hydrogen (secondary N) is 1. The van der Waals surface area contributed by atoms with Crippen molar-refractivity contribution in [3.63, 3.8) is 0 Å². The summed E-state index contributed by atoms with van der Waals surface area (Å²) in [5.41, 5.74) is 1.48. The third-order valence-electron chi connectivity index (χ3n) is 4.41. The molecule has 1 aliphatic rings. The molecule has 146 valence electrons. The highest BCUT2D eigenvalue weighted by Gasteiger charge is 2.24. The molecule has 0 radical (unpaired) electrons. The number of carbonyl (C=O) groups is 1. The van der Waals surface area contributed by atoms with Gasteiger partial charge in [-0.3, -0.25) is 9.52 Å². The van der Waals surface area contributed by atoms with E-state index in [1.807, 2.05) is 21.7 Å². The number of aromatic nitrogens is 1. The molecule has 0 aromatic carbocycles. The number of amides is 1. The predicted octanol–water partition coefficient (Wildman–Crippen LogP) is 2.52. The van der Waals surface area contributed by atoms with E-state index in [0.29, 0.717) is 31.1 Å². The van der Waals surface area contributed by atoms with Crippen molar-refractivity contribution in [2.24, 2.45) is 0 Å². The van der Waals surface area contributed by atoms with Crippen molar-refractivity contribution in [3.8, 4) is 5.88 Å². The van der Waals surface area contributed by atoms with Crippen molar-refractivity contribution in [1.82, 2.24) is 9.88 Å². The van der Waals surface area contributed by atoms with Crippen LogP contribution in [-0.4, -0.2) is 49.2 Å². The largest absolute Gasteiger partial charge is 0.474 e. The topological polar surface area (TPSA) is 88.6 Å². The highest BCUT2D eigenvalue weighted by Crippen LogP contribution is 2.20. The lowest BCUT2D eigenvalue weighted by Crippen LogP contribution is -2.42. The molecule has 1 amide bonds. The number of piperidine rings is 1. The van der Waals surface area contributed by atoms with Crippen LogP contribution in [0.2, 0.25) is 0 Å². The van der Waals surface area contributed by atoms with Gasteiger partial charge in [0.25, 0.3) is 0 Å². The summed E-state index contributed by atoms with van der Waals surface area (Å²) in [5, 5.41) is 3.98. The van der Waals surface area contributed by atoms with Gasteiger partial charge in [0.15, 0.2) is 0 Å². The van der Waals surface area contributed by atoms with Gasteiger partial charge in [0.1, 0.15) is 6.10 Å². The van der Waals surface area contributed by atoms with Crippen molar-refractivity contribution >= 4 is 33.0 Å². The van der Waals surface area contributed by atoms with Crippen LogP contribution in [0, 0.1) is 0 Å². The second-order valence-corrected chi connectivity index (χ2v) is 9.19. The summed E-state index contributed by atoms with van der Waals surface area (Å²) < 4.78 is 31.4. The molecule has 0 atom stereocenters. The molecule has 2 aromatic rings. The fraction of sp³-hybridized carbons (Fsp3) is 0.444. The third kappa shape index (κ3) is 5.67. The van der Waals surface area contributed by atoms with Gasteiger partial charge in [-0.15, -0.1) is 0 Å². The summed E-state index contributed by atoms with van der Waals surface area (Å²) in [7, 11) is -3.31. The molecule has 3 rings (SSSR count). The Morgan fingerprint density at radius 1 is 1.33 bits per heavy atom. The molecule has 2 aromatic heterocycles. The van der Waals surface area contributed by atoms with Crippen LogP contribution < -0.4 is 9.46 Å². The summed E-state index contributed by atoms with van der Waals surface area (Å²) >= 11 is 1.60. The lowest BCUT2D eigenvalue weighted by atomic mass is 10.1. The fourth-order valence-corrected chi connectivity index (χ4v) is 4.13. The van der Waals surface area contributed by atoms with E-state index in [1.165, 1.54) is 6.20 Å². The number of rotatable bonds is 7. The van der Waals surface area contributed by atoms with E-state index < -0.39 is 10.0 Å². The van der Waals surface area contributed by atoms with Gasteiger partial charge >= 0.3 is 0 Å². The summed E-state index contributed by atoms with van der Waals surface area (Å²) in [4.78, 5) is 18.4. The quantitative estimate of drug-likeness (QED) is 0.759. The highest BCUT2D eigenvalue weighted by molar-refractivity contribution is 7.92. The Bertz CT molecular complexity index is 843. The number of hydrogen-bond donors (Lipinski definition) is 1. The van der Waals surface area contributed by atoms with Crippen LogP contribution in [0.3, 0.4) is 0 Å². The predicted molar refractivity (Wildman–Crippen MR) is 106 cm³/mol. The molecule has 0 unspecified atom stereocenters. The zero-order valence-corrected chi connectivity index (χ0v) is 16.8. The Balaban J connectivity index is 1.47.